The number of halogens is 1. The van der Waals surface area contributed by atoms with Crippen LogP contribution >= 0.6 is 22.6 Å². The van der Waals surface area contributed by atoms with E-state index in [0.717, 1.165) is 15.6 Å². The number of benzene rings is 1. The van der Waals surface area contributed by atoms with Crippen LogP contribution in [0.3, 0.4) is 0 Å². The summed E-state index contributed by atoms with van der Waals surface area (Å²) in [6.07, 6.45) is 2.28. The fraction of sp³-hybridized carbons (Fsp3) is 0.267. The van der Waals surface area contributed by atoms with E-state index in [1.807, 2.05) is 31.2 Å². The molecule has 0 unspecified atom stereocenters. The van der Waals surface area contributed by atoms with Crippen molar-refractivity contribution in [2.24, 2.45) is 0 Å². The molecule has 0 saturated heterocycles. The summed E-state index contributed by atoms with van der Waals surface area (Å²) in [6.45, 7) is 4.10. The van der Waals surface area contributed by atoms with Gasteiger partial charge in [0, 0.05) is 21.8 Å². The number of rotatable bonds is 4. The molecular weight excluding hydrogens is 367 g/mol. The van der Waals surface area contributed by atoms with E-state index in [9.17, 15) is 4.79 Å². The van der Waals surface area contributed by atoms with Crippen molar-refractivity contribution in [1.29, 1.82) is 0 Å². The highest BCUT2D eigenvalue weighted by atomic mass is 127. The van der Waals surface area contributed by atoms with Crippen LogP contribution in [0, 0.1) is 3.57 Å². The maximum Gasteiger partial charge on any atom is 0.341 e. The molecule has 0 aliphatic rings. The molecule has 20 heavy (non-hydrogen) atoms. The molecule has 1 aromatic heterocycles. The number of ether oxygens (including phenoxy) is 1. The van der Waals surface area contributed by atoms with Crippen LogP contribution in [0.25, 0.3) is 11.3 Å². The summed E-state index contributed by atoms with van der Waals surface area (Å²) < 4.78 is 6.12. The Labute approximate surface area is 131 Å². The molecule has 2 aromatic rings. The molecule has 0 bridgehead atoms. The first kappa shape index (κ1) is 14.9. The molecule has 0 atom stereocenters. The molecule has 4 nitrogen and oxygen atoms in total. The summed E-state index contributed by atoms with van der Waals surface area (Å²) in [7, 11) is 0. The summed E-state index contributed by atoms with van der Waals surface area (Å²) in [5.74, 6) is 0.331. The van der Waals surface area contributed by atoms with Gasteiger partial charge in [-0.1, -0.05) is 25.1 Å². The minimum absolute atomic E-state index is 0.333. The van der Waals surface area contributed by atoms with Crippen LogP contribution in [-0.2, 0) is 11.2 Å². The molecule has 0 fully saturated rings. The smallest absolute Gasteiger partial charge is 0.341 e. The molecule has 0 amide bonds. The summed E-state index contributed by atoms with van der Waals surface area (Å²) in [4.78, 5) is 20.8. The number of nitrogens with zero attached hydrogens (tertiary/aromatic N) is 2. The quantitative estimate of drug-likeness (QED) is 0.600. The predicted molar refractivity (Wildman–Crippen MR) is 85.5 cm³/mol. The molecule has 0 aliphatic heterocycles. The third-order valence-corrected chi connectivity index (χ3v) is 3.72. The Morgan fingerprint density at radius 1 is 1.30 bits per heavy atom. The second-order valence-corrected chi connectivity index (χ2v) is 5.26. The van der Waals surface area contributed by atoms with E-state index in [0.29, 0.717) is 23.7 Å². The van der Waals surface area contributed by atoms with Crippen molar-refractivity contribution in [3.63, 3.8) is 0 Å². The zero-order chi connectivity index (χ0) is 14.5. The normalized spacial score (nSPS) is 10.3. The maximum atomic E-state index is 12.0. The molecule has 0 N–H and O–H groups in total. The number of carbonyl (C=O) groups excluding carboxylic acids is 1. The fourth-order valence-electron chi connectivity index (χ4n) is 1.81. The van der Waals surface area contributed by atoms with E-state index in [2.05, 4.69) is 32.6 Å². The summed E-state index contributed by atoms with van der Waals surface area (Å²) in [6, 6.07) is 7.82. The number of aromatic nitrogens is 2. The van der Waals surface area contributed by atoms with E-state index in [4.69, 9.17) is 4.74 Å². The van der Waals surface area contributed by atoms with Gasteiger partial charge in [0.2, 0.25) is 0 Å². The number of carbonyl (C=O) groups is 1. The molecule has 1 aromatic carbocycles. The fourth-order valence-corrected chi connectivity index (χ4v) is 2.45. The molecule has 0 spiro atoms. The van der Waals surface area contributed by atoms with Crippen molar-refractivity contribution < 1.29 is 9.53 Å². The van der Waals surface area contributed by atoms with Gasteiger partial charge in [0.15, 0.2) is 0 Å². The Morgan fingerprint density at radius 2 is 2.05 bits per heavy atom. The van der Waals surface area contributed by atoms with Crippen molar-refractivity contribution in [2.75, 3.05) is 6.61 Å². The van der Waals surface area contributed by atoms with Crippen molar-refractivity contribution in [3.05, 3.63) is 45.4 Å². The van der Waals surface area contributed by atoms with Crippen LogP contribution in [-0.4, -0.2) is 22.5 Å². The minimum Gasteiger partial charge on any atom is -0.462 e. The molecule has 2 rings (SSSR count). The lowest BCUT2D eigenvalue weighted by molar-refractivity contribution is 0.0526. The number of aryl methyl sites for hydroxylation is 1. The van der Waals surface area contributed by atoms with Gasteiger partial charge in [0.25, 0.3) is 0 Å². The second-order valence-electron chi connectivity index (χ2n) is 4.10. The zero-order valence-corrected chi connectivity index (χ0v) is 13.5. The average molecular weight is 382 g/mol. The lowest BCUT2D eigenvalue weighted by Gasteiger charge is -2.10. The largest absolute Gasteiger partial charge is 0.462 e. The number of esters is 1. The molecule has 5 heteroatoms. The van der Waals surface area contributed by atoms with Gasteiger partial charge in [0.1, 0.15) is 11.4 Å². The van der Waals surface area contributed by atoms with Crippen LogP contribution < -0.4 is 0 Å². The summed E-state index contributed by atoms with van der Waals surface area (Å²) in [5.41, 5.74) is 1.97. The standard InChI is InChI=1S/C15H15IN2O2/c1-3-13-17-9-11(15(19)20-4-2)14(18-13)10-7-5-6-8-12(10)16/h5-9H,3-4H2,1-2H3. The van der Waals surface area contributed by atoms with Gasteiger partial charge >= 0.3 is 5.97 Å². The van der Waals surface area contributed by atoms with Crippen LogP contribution in [0.4, 0.5) is 0 Å². The van der Waals surface area contributed by atoms with Crippen molar-refractivity contribution in [3.8, 4) is 11.3 Å². The Bertz CT molecular complexity index is 629. The summed E-state index contributed by atoms with van der Waals surface area (Å²) >= 11 is 2.24. The molecule has 0 saturated carbocycles. The lowest BCUT2D eigenvalue weighted by atomic mass is 10.1. The Morgan fingerprint density at radius 3 is 2.70 bits per heavy atom. The van der Waals surface area contributed by atoms with E-state index < -0.39 is 0 Å². The summed E-state index contributed by atoms with van der Waals surface area (Å²) in [5, 5.41) is 0. The predicted octanol–water partition coefficient (Wildman–Crippen LogP) is 3.49. The van der Waals surface area contributed by atoms with Crippen LogP contribution in [0.15, 0.2) is 30.5 Å². The first-order valence-electron chi connectivity index (χ1n) is 6.45. The third kappa shape index (κ3) is 3.15. The van der Waals surface area contributed by atoms with Crippen LogP contribution in [0.2, 0.25) is 0 Å². The van der Waals surface area contributed by atoms with Crippen molar-refractivity contribution >= 4 is 28.6 Å². The van der Waals surface area contributed by atoms with Crippen molar-refractivity contribution in [2.45, 2.75) is 20.3 Å². The first-order chi connectivity index (χ1) is 9.67. The Balaban J connectivity index is 2.59. The third-order valence-electron chi connectivity index (χ3n) is 2.78. The number of hydrogen-bond acceptors (Lipinski definition) is 4. The lowest BCUT2D eigenvalue weighted by Crippen LogP contribution is -2.10. The Kier molecular flexibility index (Phi) is 5.05. The van der Waals surface area contributed by atoms with E-state index >= 15 is 0 Å². The second kappa shape index (κ2) is 6.78. The van der Waals surface area contributed by atoms with Crippen molar-refractivity contribution in [1.82, 2.24) is 9.97 Å². The van der Waals surface area contributed by atoms with Gasteiger partial charge in [-0.25, -0.2) is 14.8 Å². The molecule has 104 valence electrons. The topological polar surface area (TPSA) is 52.1 Å². The van der Waals surface area contributed by atoms with E-state index in [1.165, 1.54) is 0 Å². The van der Waals surface area contributed by atoms with E-state index in [-0.39, 0.29) is 5.97 Å². The maximum absolute atomic E-state index is 12.0. The van der Waals surface area contributed by atoms with E-state index in [1.54, 1.807) is 13.1 Å². The van der Waals surface area contributed by atoms with Gasteiger partial charge in [-0.15, -0.1) is 0 Å². The van der Waals surface area contributed by atoms with Gasteiger partial charge in [-0.05, 0) is 35.6 Å². The average Bonchev–Trinajstić information content (AvgIpc) is 2.47. The van der Waals surface area contributed by atoms with Gasteiger partial charge in [-0.3, -0.25) is 0 Å². The van der Waals surface area contributed by atoms with Crippen LogP contribution in [0.5, 0.6) is 0 Å². The molecule has 1 heterocycles. The monoisotopic (exact) mass is 382 g/mol. The van der Waals surface area contributed by atoms with Crippen LogP contribution in [0.1, 0.15) is 30.0 Å². The highest BCUT2D eigenvalue weighted by Crippen LogP contribution is 2.26. The number of hydrogen-bond donors (Lipinski definition) is 0. The minimum atomic E-state index is -0.384. The van der Waals surface area contributed by atoms with Gasteiger partial charge in [-0.2, -0.15) is 0 Å². The Hall–Kier alpha value is -1.50. The highest BCUT2D eigenvalue weighted by Gasteiger charge is 2.18. The molecular formula is C15H15IN2O2. The molecule has 0 aliphatic carbocycles. The zero-order valence-electron chi connectivity index (χ0n) is 11.4. The first-order valence-corrected chi connectivity index (χ1v) is 7.53. The molecule has 0 radical (unpaired) electrons. The highest BCUT2D eigenvalue weighted by molar-refractivity contribution is 14.1. The SMILES string of the molecule is CCOC(=O)c1cnc(CC)nc1-c1ccccc1I. The van der Waals surface area contributed by atoms with Gasteiger partial charge < -0.3 is 4.74 Å². The van der Waals surface area contributed by atoms with Gasteiger partial charge in [0.05, 0.1) is 12.3 Å².